The number of hydrogen-bond donors (Lipinski definition) is 0. The lowest BCUT2D eigenvalue weighted by Gasteiger charge is -2.02. The molecule has 0 bridgehead atoms. The van der Waals surface area contributed by atoms with Crippen molar-refractivity contribution in [3.8, 4) is 11.4 Å². The second-order valence-corrected chi connectivity index (χ2v) is 4.17. The van der Waals surface area contributed by atoms with Gasteiger partial charge in [0.25, 0.3) is 0 Å². The summed E-state index contributed by atoms with van der Waals surface area (Å²) in [6.07, 6.45) is 1.65. The average molecular weight is 271 g/mol. The first-order chi connectivity index (χ1) is 9.69. The highest BCUT2D eigenvalue weighted by molar-refractivity contribution is 5.90. The summed E-state index contributed by atoms with van der Waals surface area (Å²) in [7, 11) is 1.31. The van der Waals surface area contributed by atoms with Gasteiger partial charge < -0.3 is 4.74 Å². The molecule has 0 aliphatic carbocycles. The van der Waals surface area contributed by atoms with E-state index in [-0.39, 0.29) is 5.82 Å². The summed E-state index contributed by atoms with van der Waals surface area (Å²) in [6, 6.07) is 9.27. The van der Waals surface area contributed by atoms with E-state index in [9.17, 15) is 9.18 Å². The van der Waals surface area contributed by atoms with Gasteiger partial charge in [0.15, 0.2) is 11.5 Å². The Morgan fingerprint density at radius 3 is 2.85 bits per heavy atom. The molecule has 0 fully saturated rings. The Labute approximate surface area is 113 Å². The third-order valence-electron chi connectivity index (χ3n) is 2.91. The first kappa shape index (κ1) is 12.3. The molecular formula is C14H10FN3O2. The van der Waals surface area contributed by atoms with Crippen molar-refractivity contribution in [2.75, 3.05) is 7.11 Å². The van der Waals surface area contributed by atoms with Crippen LogP contribution in [-0.2, 0) is 4.74 Å². The van der Waals surface area contributed by atoms with Crippen molar-refractivity contribution in [2.45, 2.75) is 0 Å². The normalized spacial score (nSPS) is 10.7. The first-order valence-electron chi connectivity index (χ1n) is 5.88. The summed E-state index contributed by atoms with van der Waals surface area (Å²) in [4.78, 5) is 11.4. The van der Waals surface area contributed by atoms with E-state index in [1.807, 2.05) is 0 Å². The number of carbonyl (C=O) groups is 1. The van der Waals surface area contributed by atoms with Crippen molar-refractivity contribution in [2.24, 2.45) is 0 Å². The molecule has 0 aliphatic heterocycles. The molecular weight excluding hydrogens is 261 g/mol. The molecule has 3 aromatic rings. The third-order valence-corrected chi connectivity index (χ3v) is 2.91. The van der Waals surface area contributed by atoms with Gasteiger partial charge in [-0.05, 0) is 24.3 Å². The Kier molecular flexibility index (Phi) is 2.90. The summed E-state index contributed by atoms with van der Waals surface area (Å²) in [5.74, 6) is -0.274. The Balaban J connectivity index is 2.13. The average Bonchev–Trinajstić information content (AvgIpc) is 2.89. The molecule has 5 nitrogen and oxygen atoms in total. The summed E-state index contributed by atoms with van der Waals surface area (Å²) in [5.41, 5.74) is 1.49. The van der Waals surface area contributed by atoms with E-state index in [1.54, 1.807) is 34.9 Å². The minimum atomic E-state index is -0.442. The molecule has 3 rings (SSSR count). The van der Waals surface area contributed by atoms with Crippen LogP contribution in [0.2, 0.25) is 0 Å². The van der Waals surface area contributed by atoms with Crippen molar-refractivity contribution < 1.29 is 13.9 Å². The van der Waals surface area contributed by atoms with Gasteiger partial charge in [-0.2, -0.15) is 0 Å². The van der Waals surface area contributed by atoms with Gasteiger partial charge in [0.1, 0.15) is 5.82 Å². The fourth-order valence-electron chi connectivity index (χ4n) is 1.96. The Morgan fingerprint density at radius 2 is 2.10 bits per heavy atom. The molecule has 20 heavy (non-hydrogen) atoms. The predicted octanol–water partition coefficient (Wildman–Crippen LogP) is 2.32. The summed E-state index contributed by atoms with van der Waals surface area (Å²) in [6.45, 7) is 0. The molecule has 6 heteroatoms. The Bertz CT molecular complexity index is 798. The molecule has 2 aromatic heterocycles. The minimum absolute atomic E-state index is 0.342. The number of hydrogen-bond acceptors (Lipinski definition) is 4. The molecule has 0 saturated carbocycles. The van der Waals surface area contributed by atoms with Gasteiger partial charge in [-0.3, -0.25) is 4.40 Å². The molecule has 0 spiro atoms. The maximum atomic E-state index is 13.3. The van der Waals surface area contributed by atoms with E-state index in [0.717, 1.165) is 0 Å². The Morgan fingerprint density at radius 1 is 1.25 bits per heavy atom. The van der Waals surface area contributed by atoms with Crippen LogP contribution < -0.4 is 0 Å². The van der Waals surface area contributed by atoms with Crippen molar-refractivity contribution in [1.29, 1.82) is 0 Å². The van der Waals surface area contributed by atoms with Crippen LogP contribution in [0.4, 0.5) is 4.39 Å². The van der Waals surface area contributed by atoms with Gasteiger partial charge in [0.2, 0.25) is 0 Å². The summed E-state index contributed by atoms with van der Waals surface area (Å²) >= 11 is 0. The van der Waals surface area contributed by atoms with Crippen LogP contribution in [0, 0.1) is 5.82 Å². The number of pyridine rings is 1. The Hall–Kier alpha value is -2.76. The number of benzene rings is 1. The number of aromatic nitrogens is 3. The van der Waals surface area contributed by atoms with E-state index < -0.39 is 5.97 Å². The van der Waals surface area contributed by atoms with Crippen molar-refractivity contribution in [3.63, 3.8) is 0 Å². The van der Waals surface area contributed by atoms with E-state index in [0.29, 0.717) is 22.6 Å². The molecule has 0 amide bonds. The van der Waals surface area contributed by atoms with Gasteiger partial charge >= 0.3 is 5.97 Å². The van der Waals surface area contributed by atoms with Crippen LogP contribution in [0.5, 0.6) is 0 Å². The largest absolute Gasteiger partial charge is 0.465 e. The fraction of sp³-hybridized carbons (Fsp3) is 0.0714. The van der Waals surface area contributed by atoms with Gasteiger partial charge in [-0.15, -0.1) is 10.2 Å². The van der Waals surface area contributed by atoms with E-state index >= 15 is 0 Å². The first-order valence-corrected chi connectivity index (χ1v) is 5.88. The number of ether oxygens (including phenoxy) is 1. The van der Waals surface area contributed by atoms with Crippen LogP contribution in [0.15, 0.2) is 42.6 Å². The van der Waals surface area contributed by atoms with Gasteiger partial charge in [-0.25, -0.2) is 9.18 Å². The predicted molar refractivity (Wildman–Crippen MR) is 69.7 cm³/mol. The van der Waals surface area contributed by atoms with Crippen LogP contribution in [-0.4, -0.2) is 27.7 Å². The van der Waals surface area contributed by atoms with Crippen LogP contribution in [0.1, 0.15) is 10.4 Å². The minimum Gasteiger partial charge on any atom is -0.465 e. The molecule has 100 valence electrons. The third kappa shape index (κ3) is 2.01. The van der Waals surface area contributed by atoms with Crippen molar-refractivity contribution in [3.05, 3.63) is 54.0 Å². The number of carbonyl (C=O) groups excluding carboxylic acids is 1. The van der Waals surface area contributed by atoms with Gasteiger partial charge in [-0.1, -0.05) is 12.1 Å². The zero-order valence-electron chi connectivity index (χ0n) is 10.6. The molecule has 0 unspecified atom stereocenters. The number of methoxy groups -OCH3 is 1. The standard InChI is InChI=1S/C14H10FN3O2/c1-20-14(19)10-5-6-18-12(8-10)16-17-13(18)9-3-2-4-11(15)7-9/h2-8H,1H3. The lowest BCUT2D eigenvalue weighted by Crippen LogP contribution is -2.02. The number of halogens is 1. The lowest BCUT2D eigenvalue weighted by molar-refractivity contribution is 0.0600. The van der Waals surface area contributed by atoms with Crippen LogP contribution in [0.25, 0.3) is 17.0 Å². The van der Waals surface area contributed by atoms with E-state index in [1.165, 1.54) is 19.2 Å². The second-order valence-electron chi connectivity index (χ2n) is 4.17. The maximum Gasteiger partial charge on any atom is 0.338 e. The quantitative estimate of drug-likeness (QED) is 0.671. The van der Waals surface area contributed by atoms with Crippen LogP contribution in [0.3, 0.4) is 0 Å². The highest BCUT2D eigenvalue weighted by Gasteiger charge is 2.12. The second kappa shape index (κ2) is 4.73. The molecule has 0 aliphatic rings. The lowest BCUT2D eigenvalue weighted by atomic mass is 10.2. The molecule has 1 aromatic carbocycles. The number of rotatable bonds is 2. The molecule has 0 N–H and O–H groups in total. The fourth-order valence-corrected chi connectivity index (χ4v) is 1.96. The molecule has 0 saturated heterocycles. The molecule has 2 heterocycles. The topological polar surface area (TPSA) is 56.5 Å². The highest BCUT2D eigenvalue weighted by Crippen LogP contribution is 2.19. The van der Waals surface area contributed by atoms with Gasteiger partial charge in [0.05, 0.1) is 12.7 Å². The van der Waals surface area contributed by atoms with E-state index in [4.69, 9.17) is 0 Å². The summed E-state index contributed by atoms with van der Waals surface area (Å²) < 4.78 is 19.6. The number of esters is 1. The number of fused-ring (bicyclic) bond motifs is 1. The van der Waals surface area contributed by atoms with Gasteiger partial charge in [0, 0.05) is 11.8 Å². The van der Waals surface area contributed by atoms with Crippen molar-refractivity contribution >= 4 is 11.6 Å². The maximum absolute atomic E-state index is 13.3. The zero-order chi connectivity index (χ0) is 14.1. The molecule has 0 atom stereocenters. The zero-order valence-corrected chi connectivity index (χ0v) is 10.6. The number of nitrogens with zero attached hydrogens (tertiary/aromatic N) is 3. The SMILES string of the molecule is COC(=O)c1ccn2c(-c3cccc(F)c3)nnc2c1. The summed E-state index contributed by atoms with van der Waals surface area (Å²) in [5, 5.41) is 8.01. The van der Waals surface area contributed by atoms with Crippen molar-refractivity contribution in [1.82, 2.24) is 14.6 Å². The smallest absolute Gasteiger partial charge is 0.338 e. The van der Waals surface area contributed by atoms with E-state index in [2.05, 4.69) is 14.9 Å². The highest BCUT2D eigenvalue weighted by atomic mass is 19.1. The monoisotopic (exact) mass is 271 g/mol. The molecule has 0 radical (unpaired) electrons. The van der Waals surface area contributed by atoms with Crippen LogP contribution >= 0.6 is 0 Å².